The standard InChI is InChI=1S/C18H14N4O5/c1-26-16-6-4-13(22(24)25)9-15(16)17-7-5-14(27-17)11-20-21-18(23)12-3-2-8-19-10-12/h2-11H,1H3,(H,21,23). The highest BCUT2D eigenvalue weighted by Gasteiger charge is 2.15. The van der Waals surface area contributed by atoms with Gasteiger partial charge in [-0.15, -0.1) is 0 Å². The van der Waals surface area contributed by atoms with Crippen LogP contribution in [0.5, 0.6) is 5.75 Å². The number of hydrazone groups is 1. The third-order valence-corrected chi connectivity index (χ3v) is 3.57. The third kappa shape index (κ3) is 4.15. The maximum atomic E-state index is 11.9. The van der Waals surface area contributed by atoms with Crippen molar-refractivity contribution in [1.29, 1.82) is 0 Å². The number of carbonyl (C=O) groups excluding carboxylic acids is 1. The molecular formula is C18H14N4O5. The van der Waals surface area contributed by atoms with Crippen LogP contribution in [0, 0.1) is 10.1 Å². The number of carbonyl (C=O) groups is 1. The number of hydrogen-bond acceptors (Lipinski definition) is 7. The largest absolute Gasteiger partial charge is 0.496 e. The average molecular weight is 366 g/mol. The number of non-ortho nitro benzene ring substituents is 1. The number of hydrogen-bond donors (Lipinski definition) is 1. The topological polar surface area (TPSA) is 120 Å². The minimum absolute atomic E-state index is 0.0823. The summed E-state index contributed by atoms with van der Waals surface area (Å²) in [7, 11) is 1.46. The molecule has 1 amide bonds. The molecule has 0 radical (unpaired) electrons. The van der Waals surface area contributed by atoms with E-state index in [0.29, 0.717) is 28.4 Å². The normalized spacial score (nSPS) is 10.7. The average Bonchev–Trinajstić information content (AvgIpc) is 3.16. The van der Waals surface area contributed by atoms with E-state index in [1.165, 1.54) is 37.7 Å². The van der Waals surface area contributed by atoms with Crippen molar-refractivity contribution < 1.29 is 18.9 Å². The Morgan fingerprint density at radius 2 is 2.19 bits per heavy atom. The van der Waals surface area contributed by atoms with Crippen molar-refractivity contribution in [3.05, 3.63) is 76.3 Å². The summed E-state index contributed by atoms with van der Waals surface area (Å²) in [4.78, 5) is 26.2. The summed E-state index contributed by atoms with van der Waals surface area (Å²) in [6.45, 7) is 0. The predicted octanol–water partition coefficient (Wildman–Crippen LogP) is 3.02. The first-order valence-corrected chi connectivity index (χ1v) is 7.74. The number of furan rings is 1. The molecule has 1 N–H and O–H groups in total. The van der Waals surface area contributed by atoms with Crippen molar-refractivity contribution in [3.8, 4) is 17.1 Å². The molecule has 2 heterocycles. The lowest BCUT2D eigenvalue weighted by atomic mass is 10.1. The molecule has 9 nitrogen and oxygen atoms in total. The van der Waals surface area contributed by atoms with Crippen LogP contribution in [0.2, 0.25) is 0 Å². The van der Waals surface area contributed by atoms with E-state index in [1.54, 1.807) is 30.5 Å². The monoisotopic (exact) mass is 366 g/mol. The lowest BCUT2D eigenvalue weighted by Crippen LogP contribution is -2.17. The van der Waals surface area contributed by atoms with Gasteiger partial charge in [0.25, 0.3) is 11.6 Å². The molecule has 0 saturated heterocycles. The fraction of sp³-hybridized carbons (Fsp3) is 0.0556. The molecule has 136 valence electrons. The second kappa shape index (κ2) is 7.91. The maximum absolute atomic E-state index is 11.9. The molecule has 9 heteroatoms. The maximum Gasteiger partial charge on any atom is 0.272 e. The Kier molecular flexibility index (Phi) is 5.22. The van der Waals surface area contributed by atoms with Crippen LogP contribution in [0.25, 0.3) is 11.3 Å². The first-order valence-electron chi connectivity index (χ1n) is 7.74. The summed E-state index contributed by atoms with van der Waals surface area (Å²) in [5.74, 6) is 0.746. The Morgan fingerprint density at radius 3 is 2.89 bits per heavy atom. The number of nitro benzene ring substituents is 1. The minimum Gasteiger partial charge on any atom is -0.496 e. The van der Waals surface area contributed by atoms with Gasteiger partial charge in [0.15, 0.2) is 0 Å². The number of pyridine rings is 1. The van der Waals surface area contributed by atoms with Crippen LogP contribution < -0.4 is 10.2 Å². The highest BCUT2D eigenvalue weighted by atomic mass is 16.6. The number of amides is 1. The van der Waals surface area contributed by atoms with Crippen LogP contribution in [0.15, 0.2) is 64.4 Å². The summed E-state index contributed by atoms with van der Waals surface area (Å²) < 4.78 is 10.8. The lowest BCUT2D eigenvalue weighted by Gasteiger charge is -2.05. The second-order valence-corrected chi connectivity index (χ2v) is 5.28. The number of nitro groups is 1. The van der Waals surface area contributed by atoms with Gasteiger partial charge in [-0.25, -0.2) is 5.43 Å². The van der Waals surface area contributed by atoms with Gasteiger partial charge >= 0.3 is 0 Å². The molecule has 1 aromatic carbocycles. The van der Waals surface area contributed by atoms with Crippen molar-refractivity contribution in [2.45, 2.75) is 0 Å². The van der Waals surface area contributed by atoms with Gasteiger partial charge in [-0.1, -0.05) is 0 Å². The van der Waals surface area contributed by atoms with Gasteiger partial charge in [0, 0.05) is 24.5 Å². The lowest BCUT2D eigenvalue weighted by molar-refractivity contribution is -0.384. The van der Waals surface area contributed by atoms with E-state index >= 15 is 0 Å². The number of ether oxygens (including phenoxy) is 1. The first kappa shape index (κ1) is 17.8. The van der Waals surface area contributed by atoms with E-state index < -0.39 is 10.8 Å². The molecule has 0 bridgehead atoms. The van der Waals surface area contributed by atoms with E-state index in [-0.39, 0.29) is 5.69 Å². The van der Waals surface area contributed by atoms with Crippen molar-refractivity contribution in [2.75, 3.05) is 7.11 Å². The highest BCUT2D eigenvalue weighted by Crippen LogP contribution is 2.34. The number of aromatic nitrogens is 1. The first-order chi connectivity index (χ1) is 13.1. The molecule has 0 unspecified atom stereocenters. The number of methoxy groups -OCH3 is 1. The van der Waals surface area contributed by atoms with Gasteiger partial charge in [0.05, 0.1) is 29.4 Å². The summed E-state index contributed by atoms with van der Waals surface area (Å²) in [5.41, 5.74) is 3.08. The number of nitrogens with one attached hydrogen (secondary N) is 1. The van der Waals surface area contributed by atoms with Gasteiger partial charge in [-0.05, 0) is 30.3 Å². The molecule has 0 aliphatic rings. The Bertz CT molecular complexity index is 998. The molecule has 0 aliphatic carbocycles. The molecule has 3 aromatic rings. The summed E-state index contributed by atoms with van der Waals surface area (Å²) in [6, 6.07) is 10.7. The fourth-order valence-electron chi connectivity index (χ4n) is 2.29. The Morgan fingerprint density at radius 1 is 1.33 bits per heavy atom. The third-order valence-electron chi connectivity index (χ3n) is 3.57. The van der Waals surface area contributed by atoms with Crippen LogP contribution >= 0.6 is 0 Å². The van der Waals surface area contributed by atoms with Gasteiger partial charge in [-0.2, -0.15) is 5.10 Å². The van der Waals surface area contributed by atoms with Gasteiger partial charge < -0.3 is 9.15 Å². The molecule has 0 saturated carbocycles. The minimum atomic E-state index is -0.498. The molecule has 0 spiro atoms. The van der Waals surface area contributed by atoms with Crippen molar-refractivity contribution in [1.82, 2.24) is 10.4 Å². The zero-order valence-electron chi connectivity index (χ0n) is 14.2. The zero-order valence-corrected chi connectivity index (χ0v) is 14.2. The van der Waals surface area contributed by atoms with Crippen LogP contribution in [0.1, 0.15) is 16.1 Å². The Hall–Kier alpha value is -4.01. The van der Waals surface area contributed by atoms with Crippen molar-refractivity contribution in [2.24, 2.45) is 5.10 Å². The summed E-state index contributed by atoms with van der Waals surface area (Å²) in [5, 5.41) is 14.8. The van der Waals surface area contributed by atoms with Crippen molar-refractivity contribution in [3.63, 3.8) is 0 Å². The van der Waals surface area contributed by atoms with Crippen LogP contribution in [0.3, 0.4) is 0 Å². The Labute approximate surface area is 153 Å². The van der Waals surface area contributed by atoms with Gasteiger partial charge in [0.2, 0.25) is 0 Å². The molecule has 3 rings (SSSR count). The molecule has 2 aromatic heterocycles. The van der Waals surface area contributed by atoms with Crippen LogP contribution in [-0.4, -0.2) is 29.1 Å². The molecule has 0 aliphatic heterocycles. The Balaban J connectivity index is 1.76. The van der Waals surface area contributed by atoms with E-state index in [0.717, 1.165) is 0 Å². The fourth-order valence-corrected chi connectivity index (χ4v) is 2.29. The van der Waals surface area contributed by atoms with Gasteiger partial charge in [0.1, 0.15) is 17.3 Å². The van der Waals surface area contributed by atoms with Crippen LogP contribution in [0.4, 0.5) is 5.69 Å². The van der Waals surface area contributed by atoms with Gasteiger partial charge in [-0.3, -0.25) is 19.9 Å². The second-order valence-electron chi connectivity index (χ2n) is 5.28. The molecule has 27 heavy (non-hydrogen) atoms. The van der Waals surface area contributed by atoms with E-state index in [2.05, 4.69) is 15.5 Å². The number of benzene rings is 1. The van der Waals surface area contributed by atoms with Crippen LogP contribution in [-0.2, 0) is 0 Å². The van der Waals surface area contributed by atoms with E-state index in [9.17, 15) is 14.9 Å². The van der Waals surface area contributed by atoms with E-state index in [4.69, 9.17) is 9.15 Å². The molecule has 0 fully saturated rings. The molecule has 0 atom stereocenters. The molecular weight excluding hydrogens is 352 g/mol. The van der Waals surface area contributed by atoms with Crippen molar-refractivity contribution >= 4 is 17.8 Å². The number of rotatable bonds is 6. The quantitative estimate of drug-likeness (QED) is 0.407. The highest BCUT2D eigenvalue weighted by molar-refractivity contribution is 5.94. The van der Waals surface area contributed by atoms with E-state index in [1.807, 2.05) is 0 Å². The smallest absolute Gasteiger partial charge is 0.272 e. The SMILES string of the molecule is COc1ccc([N+](=O)[O-])cc1-c1ccc(C=NNC(=O)c2cccnc2)o1. The summed E-state index contributed by atoms with van der Waals surface area (Å²) >= 11 is 0. The zero-order chi connectivity index (χ0) is 19.2. The predicted molar refractivity (Wildman–Crippen MR) is 96.6 cm³/mol. The summed E-state index contributed by atoms with van der Waals surface area (Å²) in [6.07, 6.45) is 4.30. The number of nitrogens with zero attached hydrogens (tertiary/aromatic N) is 3.